The monoisotopic (exact) mass is 512 g/mol. The molecule has 1 saturated carbocycles. The van der Waals surface area contributed by atoms with Crippen molar-refractivity contribution in [1.82, 2.24) is 0 Å². The van der Waals surface area contributed by atoms with Gasteiger partial charge in [-0.3, -0.25) is 0 Å². The van der Waals surface area contributed by atoms with Crippen LogP contribution in [0.3, 0.4) is 0 Å². The van der Waals surface area contributed by atoms with Gasteiger partial charge in [-0.05, 0) is 73.1 Å². The predicted molar refractivity (Wildman–Crippen MR) is 127 cm³/mol. The number of anilines is 2. The second-order valence-corrected chi connectivity index (χ2v) is 8.98. The Morgan fingerprint density at radius 2 is 1.64 bits per heavy atom. The standard InChI is InChI=1S/C26H29F5N2O3/c27-25(28,29)16-18-1-7-20(8-2-18)26(30,31)36-22-10-3-17(4-11-22)5-12-24(34)35-14-13-19-6-9-21(32)15-23(19)33/h3-6,9-12,15,18,20H,1-2,7-8,13-14,16,32-33H2/b12-5+. The van der Waals surface area contributed by atoms with Crippen LogP contribution in [-0.4, -0.2) is 24.9 Å². The lowest BCUT2D eigenvalue weighted by atomic mass is 9.80. The van der Waals surface area contributed by atoms with Gasteiger partial charge in [-0.2, -0.15) is 22.0 Å². The van der Waals surface area contributed by atoms with Crippen LogP contribution in [0.15, 0.2) is 48.5 Å². The van der Waals surface area contributed by atoms with E-state index >= 15 is 0 Å². The highest BCUT2D eigenvalue weighted by molar-refractivity contribution is 5.87. The molecule has 0 unspecified atom stereocenters. The Kier molecular flexibility index (Phi) is 8.81. The molecule has 0 atom stereocenters. The van der Waals surface area contributed by atoms with Gasteiger partial charge >= 0.3 is 18.3 Å². The Hall–Kier alpha value is -3.30. The summed E-state index contributed by atoms with van der Waals surface area (Å²) in [5, 5.41) is 0. The first kappa shape index (κ1) is 27.3. The van der Waals surface area contributed by atoms with Gasteiger partial charge in [0.15, 0.2) is 0 Å². The van der Waals surface area contributed by atoms with Gasteiger partial charge in [-0.15, -0.1) is 0 Å². The summed E-state index contributed by atoms with van der Waals surface area (Å²) in [6.07, 6.45) is -5.45. The van der Waals surface area contributed by atoms with Crippen LogP contribution in [0.5, 0.6) is 5.75 Å². The maximum atomic E-state index is 14.6. The summed E-state index contributed by atoms with van der Waals surface area (Å²) >= 11 is 0. The molecule has 0 heterocycles. The molecule has 0 bridgehead atoms. The first-order valence-electron chi connectivity index (χ1n) is 11.6. The van der Waals surface area contributed by atoms with Crippen LogP contribution < -0.4 is 16.2 Å². The van der Waals surface area contributed by atoms with E-state index in [4.69, 9.17) is 20.9 Å². The quantitative estimate of drug-likeness (QED) is 0.176. The fraction of sp³-hybridized carbons (Fsp3) is 0.423. The Morgan fingerprint density at radius 3 is 2.25 bits per heavy atom. The number of halogens is 5. The van der Waals surface area contributed by atoms with Crippen LogP contribution in [0.1, 0.15) is 43.2 Å². The lowest BCUT2D eigenvalue weighted by Gasteiger charge is -2.33. The van der Waals surface area contributed by atoms with Gasteiger partial charge in [-0.25, -0.2) is 4.79 Å². The van der Waals surface area contributed by atoms with Crippen molar-refractivity contribution in [3.05, 3.63) is 59.7 Å². The normalized spacial score (nSPS) is 18.8. The van der Waals surface area contributed by atoms with E-state index in [1.807, 2.05) is 0 Å². The van der Waals surface area contributed by atoms with Crippen molar-refractivity contribution >= 4 is 23.4 Å². The van der Waals surface area contributed by atoms with E-state index in [1.165, 1.54) is 36.4 Å². The number of hydrogen-bond donors (Lipinski definition) is 2. The van der Waals surface area contributed by atoms with E-state index < -0.39 is 36.5 Å². The highest BCUT2D eigenvalue weighted by atomic mass is 19.4. The second-order valence-electron chi connectivity index (χ2n) is 8.98. The van der Waals surface area contributed by atoms with Gasteiger partial charge < -0.3 is 20.9 Å². The Balaban J connectivity index is 1.44. The summed E-state index contributed by atoms with van der Waals surface area (Å²) in [6, 6.07) is 10.8. The SMILES string of the molecule is Nc1ccc(CCOC(=O)/C=C/c2ccc(OC(F)(F)C3CCC(CC(F)(F)F)CC3)cc2)c(N)c1. The molecule has 0 spiro atoms. The molecule has 10 heteroatoms. The van der Waals surface area contributed by atoms with Crippen molar-refractivity contribution in [2.75, 3.05) is 18.1 Å². The van der Waals surface area contributed by atoms with Crippen LogP contribution in [-0.2, 0) is 16.0 Å². The molecule has 0 radical (unpaired) electrons. The van der Waals surface area contributed by atoms with E-state index in [2.05, 4.69) is 0 Å². The zero-order valence-corrected chi connectivity index (χ0v) is 19.6. The fourth-order valence-corrected chi connectivity index (χ4v) is 4.23. The zero-order chi connectivity index (χ0) is 26.3. The van der Waals surface area contributed by atoms with Gasteiger partial charge in [0.25, 0.3) is 0 Å². The number of nitrogen functional groups attached to an aromatic ring is 2. The molecule has 0 amide bonds. The van der Waals surface area contributed by atoms with Crippen LogP contribution in [0.2, 0.25) is 0 Å². The van der Waals surface area contributed by atoms with Gasteiger partial charge in [-0.1, -0.05) is 18.2 Å². The number of ether oxygens (including phenoxy) is 2. The lowest BCUT2D eigenvalue weighted by Crippen LogP contribution is -2.37. The molecule has 36 heavy (non-hydrogen) atoms. The number of carbonyl (C=O) groups is 1. The molecule has 0 saturated heterocycles. The lowest BCUT2D eigenvalue weighted by molar-refractivity contribution is -0.225. The number of nitrogens with two attached hydrogens (primary N) is 2. The van der Waals surface area contributed by atoms with Crippen molar-refractivity contribution in [2.24, 2.45) is 11.8 Å². The molecule has 0 aliphatic heterocycles. The molecule has 2 aromatic rings. The Bertz CT molecular complexity index is 1050. The average Bonchev–Trinajstić information content (AvgIpc) is 2.79. The zero-order valence-electron chi connectivity index (χ0n) is 19.6. The third-order valence-electron chi connectivity index (χ3n) is 6.17. The van der Waals surface area contributed by atoms with E-state index in [0.717, 1.165) is 5.56 Å². The van der Waals surface area contributed by atoms with Crippen molar-refractivity contribution in [3.63, 3.8) is 0 Å². The van der Waals surface area contributed by atoms with Gasteiger partial charge in [0.2, 0.25) is 0 Å². The molecule has 1 fully saturated rings. The molecule has 4 N–H and O–H groups in total. The van der Waals surface area contributed by atoms with Gasteiger partial charge in [0.05, 0.1) is 12.5 Å². The van der Waals surface area contributed by atoms with Crippen LogP contribution >= 0.6 is 0 Å². The molecule has 1 aliphatic rings. The Labute approximate surface area is 206 Å². The summed E-state index contributed by atoms with van der Waals surface area (Å²) in [5.74, 6) is -2.40. The van der Waals surface area contributed by atoms with Crippen LogP contribution in [0.4, 0.5) is 33.3 Å². The molecular weight excluding hydrogens is 483 g/mol. The summed E-state index contributed by atoms with van der Waals surface area (Å²) in [4.78, 5) is 11.9. The summed E-state index contributed by atoms with van der Waals surface area (Å²) in [6.45, 7) is 0.122. The van der Waals surface area contributed by atoms with Gasteiger partial charge in [0.1, 0.15) is 5.75 Å². The van der Waals surface area contributed by atoms with Crippen LogP contribution in [0, 0.1) is 11.8 Å². The molecule has 1 aliphatic carbocycles. The van der Waals surface area contributed by atoms with E-state index in [0.29, 0.717) is 23.4 Å². The largest absolute Gasteiger partial charge is 0.462 e. The van der Waals surface area contributed by atoms with Gasteiger partial charge in [0, 0.05) is 30.3 Å². The minimum atomic E-state index is -4.28. The number of rotatable bonds is 9. The Morgan fingerprint density at radius 1 is 0.972 bits per heavy atom. The average molecular weight is 513 g/mol. The topological polar surface area (TPSA) is 87.6 Å². The summed E-state index contributed by atoms with van der Waals surface area (Å²) in [5.41, 5.74) is 13.9. The molecule has 3 rings (SSSR count). The summed E-state index contributed by atoms with van der Waals surface area (Å²) in [7, 11) is 0. The highest BCUT2D eigenvalue weighted by Crippen LogP contribution is 2.42. The molecular formula is C26H29F5N2O3. The highest BCUT2D eigenvalue weighted by Gasteiger charge is 2.45. The molecule has 196 valence electrons. The third kappa shape index (κ3) is 8.42. The number of hydrogen-bond acceptors (Lipinski definition) is 5. The van der Waals surface area contributed by atoms with Crippen molar-refractivity contribution < 1.29 is 36.2 Å². The number of esters is 1. The molecule has 0 aromatic heterocycles. The maximum absolute atomic E-state index is 14.6. The molecule has 2 aromatic carbocycles. The first-order chi connectivity index (χ1) is 16.9. The van der Waals surface area contributed by atoms with E-state index in [-0.39, 0.29) is 38.0 Å². The maximum Gasteiger partial charge on any atom is 0.400 e. The minimum Gasteiger partial charge on any atom is -0.462 e. The molecule has 5 nitrogen and oxygen atoms in total. The van der Waals surface area contributed by atoms with E-state index in [1.54, 1.807) is 18.2 Å². The van der Waals surface area contributed by atoms with E-state index in [9.17, 15) is 26.7 Å². The number of alkyl halides is 5. The predicted octanol–water partition coefficient (Wildman–Crippen LogP) is 6.38. The second kappa shape index (κ2) is 11.6. The number of benzene rings is 2. The van der Waals surface area contributed by atoms with Crippen LogP contribution in [0.25, 0.3) is 6.08 Å². The van der Waals surface area contributed by atoms with Crippen molar-refractivity contribution in [1.29, 1.82) is 0 Å². The smallest absolute Gasteiger partial charge is 0.400 e. The number of carbonyl (C=O) groups excluding carboxylic acids is 1. The summed E-state index contributed by atoms with van der Waals surface area (Å²) < 4.78 is 76.7. The first-order valence-corrected chi connectivity index (χ1v) is 11.6. The van der Waals surface area contributed by atoms with Crippen molar-refractivity contribution in [3.8, 4) is 5.75 Å². The fourth-order valence-electron chi connectivity index (χ4n) is 4.23. The minimum absolute atomic E-state index is 0.0262. The third-order valence-corrected chi connectivity index (χ3v) is 6.17. The van der Waals surface area contributed by atoms with Crippen molar-refractivity contribution in [2.45, 2.75) is 50.8 Å².